The van der Waals surface area contributed by atoms with Crippen LogP contribution in [-0.2, 0) is 28.5 Å². The summed E-state index contributed by atoms with van der Waals surface area (Å²) in [6, 6.07) is 0. The maximum atomic E-state index is 10.5. The van der Waals surface area contributed by atoms with E-state index < -0.39 is 36.4 Å². The number of hydrogen-bond donors (Lipinski definition) is 8. The Hall–Kier alpha value is -1.46. The molecule has 0 bridgehead atoms. The summed E-state index contributed by atoms with van der Waals surface area (Å²) in [7, 11) is 0. The molecule has 0 saturated carbocycles. The van der Waals surface area contributed by atoms with Gasteiger partial charge in [-0.3, -0.25) is 9.59 Å². The van der Waals surface area contributed by atoms with Crippen molar-refractivity contribution in [1.29, 1.82) is 0 Å². The van der Waals surface area contributed by atoms with Gasteiger partial charge in [0.2, 0.25) is 0 Å². The molecular formula is C42H80O14. The highest BCUT2D eigenvalue weighted by Gasteiger charge is 2.40. The van der Waals surface area contributed by atoms with Gasteiger partial charge in [-0.2, -0.15) is 0 Å². The van der Waals surface area contributed by atoms with E-state index in [1.165, 1.54) is 0 Å². The van der Waals surface area contributed by atoms with Gasteiger partial charge in [-0.15, -0.1) is 0 Å². The summed E-state index contributed by atoms with van der Waals surface area (Å²) in [4.78, 5) is 21.0. The molecule has 0 aromatic heterocycles. The van der Waals surface area contributed by atoms with Crippen molar-refractivity contribution in [2.45, 2.75) is 229 Å². The molecule has 14 nitrogen and oxygen atoms in total. The first-order chi connectivity index (χ1) is 26.9. The number of rotatable bonds is 34. The van der Waals surface area contributed by atoms with E-state index in [4.69, 9.17) is 39.4 Å². The summed E-state index contributed by atoms with van der Waals surface area (Å²) in [6.45, 7) is 3.78. The van der Waals surface area contributed by atoms with Crippen LogP contribution >= 0.6 is 0 Å². The number of carboxylic acids is 2. The van der Waals surface area contributed by atoms with E-state index in [9.17, 15) is 30.0 Å². The van der Waals surface area contributed by atoms with Gasteiger partial charge in [-0.1, -0.05) is 104 Å². The van der Waals surface area contributed by atoms with Crippen molar-refractivity contribution in [2.24, 2.45) is 0 Å². The fourth-order valence-electron chi connectivity index (χ4n) is 7.33. The Morgan fingerprint density at radius 3 is 1.73 bits per heavy atom. The Kier molecular flexibility index (Phi) is 31.3. The Morgan fingerprint density at radius 1 is 0.625 bits per heavy atom. The fourth-order valence-corrected chi connectivity index (χ4v) is 7.33. The van der Waals surface area contributed by atoms with Crippen LogP contribution in [0, 0.1) is 0 Å². The average molecular weight is 809 g/mol. The molecule has 8 N–H and O–H groups in total. The smallest absolute Gasteiger partial charge is 0.303 e. The second-order valence-corrected chi connectivity index (χ2v) is 15.8. The number of aliphatic hydroxyl groups excluding tert-OH is 6. The lowest BCUT2D eigenvalue weighted by Gasteiger charge is -2.25. The minimum atomic E-state index is -0.892. The van der Waals surface area contributed by atoms with Crippen LogP contribution in [-0.4, -0.2) is 140 Å². The number of hydrogen-bond acceptors (Lipinski definition) is 12. The van der Waals surface area contributed by atoms with E-state index in [1.807, 2.05) is 0 Å². The van der Waals surface area contributed by atoms with Gasteiger partial charge in [0.25, 0.3) is 0 Å². The molecule has 10 atom stereocenters. The zero-order chi connectivity index (χ0) is 41.6. The first-order valence-corrected chi connectivity index (χ1v) is 21.9. The van der Waals surface area contributed by atoms with Crippen molar-refractivity contribution in [3.8, 4) is 0 Å². The molecule has 0 amide bonds. The molecule has 2 rings (SSSR count). The molecule has 0 aromatic rings. The summed E-state index contributed by atoms with van der Waals surface area (Å²) in [5.74, 6) is -1.48. The van der Waals surface area contributed by atoms with Gasteiger partial charge in [0.1, 0.15) is 12.2 Å². The molecule has 0 aromatic carbocycles. The molecule has 10 unspecified atom stereocenters. The molecule has 0 aliphatic carbocycles. The zero-order valence-electron chi connectivity index (χ0n) is 34.6. The van der Waals surface area contributed by atoms with Crippen molar-refractivity contribution in [2.75, 3.05) is 26.4 Å². The molecule has 56 heavy (non-hydrogen) atoms. The van der Waals surface area contributed by atoms with Gasteiger partial charge in [0, 0.05) is 25.7 Å². The van der Waals surface area contributed by atoms with Crippen LogP contribution in [0.4, 0.5) is 0 Å². The van der Waals surface area contributed by atoms with Gasteiger partial charge in [0.15, 0.2) is 0 Å². The Balaban J connectivity index is 0.000000560. The molecule has 2 fully saturated rings. The molecule has 0 radical (unpaired) electrons. The highest BCUT2D eigenvalue weighted by molar-refractivity contribution is 5.66. The topological polar surface area (TPSA) is 233 Å². The van der Waals surface area contributed by atoms with E-state index in [0.29, 0.717) is 25.7 Å². The molecule has 2 aliphatic heterocycles. The van der Waals surface area contributed by atoms with Crippen LogP contribution < -0.4 is 0 Å². The predicted molar refractivity (Wildman–Crippen MR) is 212 cm³/mol. The normalized spacial score (nSPS) is 24.4. The largest absolute Gasteiger partial charge is 0.481 e. The fraction of sp³-hybridized carbons (Fsp3) is 0.952. The minimum absolute atomic E-state index is 0.0737. The van der Waals surface area contributed by atoms with Crippen LogP contribution in [0.15, 0.2) is 0 Å². The third-order valence-electron chi connectivity index (χ3n) is 10.7. The number of carbonyl (C=O) groups is 2. The van der Waals surface area contributed by atoms with Crippen LogP contribution in [0.2, 0.25) is 0 Å². The monoisotopic (exact) mass is 809 g/mol. The number of carboxylic acid groups (broad SMARTS) is 2. The van der Waals surface area contributed by atoms with E-state index >= 15 is 0 Å². The van der Waals surface area contributed by atoms with Gasteiger partial charge >= 0.3 is 11.9 Å². The predicted octanol–water partition coefficient (Wildman–Crippen LogP) is 5.28. The summed E-state index contributed by atoms with van der Waals surface area (Å²) in [5.41, 5.74) is 0. The summed E-state index contributed by atoms with van der Waals surface area (Å²) in [6.07, 6.45) is 16.5. The second kappa shape index (κ2) is 33.4. The van der Waals surface area contributed by atoms with Gasteiger partial charge in [-0.05, 0) is 38.5 Å². The van der Waals surface area contributed by atoms with E-state index in [1.54, 1.807) is 0 Å². The van der Waals surface area contributed by atoms with Crippen LogP contribution in [0.25, 0.3) is 0 Å². The second-order valence-electron chi connectivity index (χ2n) is 15.8. The zero-order valence-corrected chi connectivity index (χ0v) is 34.6. The van der Waals surface area contributed by atoms with E-state index in [0.717, 1.165) is 116 Å². The van der Waals surface area contributed by atoms with Crippen molar-refractivity contribution in [1.82, 2.24) is 0 Å². The number of unbranched alkanes of at least 4 members (excludes halogenated alkanes) is 12. The van der Waals surface area contributed by atoms with Gasteiger partial charge in [-0.25, -0.2) is 0 Å². The van der Waals surface area contributed by atoms with Crippen molar-refractivity contribution in [3.63, 3.8) is 0 Å². The number of aliphatic carboxylic acids is 2. The Bertz CT molecular complexity index is 956. The highest BCUT2D eigenvalue weighted by atomic mass is 16.6. The Morgan fingerprint density at radius 2 is 1.12 bits per heavy atom. The first-order valence-electron chi connectivity index (χ1n) is 21.9. The molecule has 2 saturated heterocycles. The highest BCUT2D eigenvalue weighted by Crippen LogP contribution is 2.32. The Labute approximate surface area is 336 Å². The lowest BCUT2D eigenvalue weighted by Crippen LogP contribution is -2.33. The molecule has 2 aliphatic rings. The summed E-state index contributed by atoms with van der Waals surface area (Å²) < 4.78 is 23.8. The molecule has 14 heteroatoms. The summed E-state index contributed by atoms with van der Waals surface area (Å²) >= 11 is 0. The van der Waals surface area contributed by atoms with Gasteiger partial charge < -0.3 is 59.8 Å². The molecule has 332 valence electrons. The van der Waals surface area contributed by atoms with Crippen LogP contribution in [0.1, 0.15) is 168 Å². The van der Waals surface area contributed by atoms with E-state index in [-0.39, 0.29) is 75.9 Å². The number of ether oxygens (including phenoxy) is 4. The van der Waals surface area contributed by atoms with Crippen molar-refractivity contribution in [3.05, 3.63) is 0 Å². The molecule has 0 spiro atoms. The maximum absolute atomic E-state index is 10.5. The van der Waals surface area contributed by atoms with Crippen LogP contribution in [0.3, 0.4) is 0 Å². The number of aliphatic hydroxyl groups is 6. The van der Waals surface area contributed by atoms with Crippen molar-refractivity contribution >= 4 is 11.9 Å². The lowest BCUT2D eigenvalue weighted by atomic mass is 10.00. The third kappa shape index (κ3) is 25.1. The molecular weight excluding hydrogens is 728 g/mol. The standard InChI is InChI=1S/2C21H40O7/c1-2-3-7-11-19(27-15-16(23)14-22)20-13-17(24)18(28-20)10-8-5-4-6-9-12-21(25)26;1-2-3-7-11-18-20(27-15-16(23)14-22)13-19(28-18)17(24)10-8-5-4-6-9-12-21(25)26/h2*16-20,22-24H,2-15H2,1H3,(H,25,26). The lowest BCUT2D eigenvalue weighted by molar-refractivity contribution is -0.138. The van der Waals surface area contributed by atoms with Gasteiger partial charge in [0.05, 0.1) is 75.3 Å². The van der Waals surface area contributed by atoms with Crippen molar-refractivity contribution < 1.29 is 69.4 Å². The minimum Gasteiger partial charge on any atom is -0.481 e. The third-order valence-corrected chi connectivity index (χ3v) is 10.7. The quantitative estimate of drug-likeness (QED) is 0.0387. The first kappa shape index (κ1) is 52.6. The SMILES string of the molecule is CCCCCC(OCC(O)CO)C1CC(O)C(CCCCCCCC(=O)O)O1.CCCCCC1OC(C(O)CCCCCCCC(=O)O)CC1OCC(O)CO. The van der Waals surface area contributed by atoms with E-state index in [2.05, 4.69) is 13.8 Å². The maximum Gasteiger partial charge on any atom is 0.303 e. The average Bonchev–Trinajstić information content (AvgIpc) is 3.76. The van der Waals surface area contributed by atoms with Crippen LogP contribution in [0.5, 0.6) is 0 Å². The summed E-state index contributed by atoms with van der Waals surface area (Å²) in [5, 5.41) is 75.2. The molecule has 2 heterocycles.